The Hall–Kier alpha value is -2.04. The monoisotopic (exact) mass is 261 g/mol. The lowest BCUT2D eigenvalue weighted by Gasteiger charge is -2.28. The van der Waals surface area contributed by atoms with Gasteiger partial charge in [-0.15, -0.1) is 0 Å². The molecule has 2 rings (SSSR count). The summed E-state index contributed by atoms with van der Waals surface area (Å²) in [5, 5.41) is 3.20. The Bertz CT molecular complexity index is 474. The standard InChI is InChI=1S/C14H19N3O2/c1-9(2)17(8-13(15)18)14(19)12-7-10-5-3-4-6-11(10)16-12/h3-6,9,12,16H,7-8H2,1-2H3,(H2,15,18). The highest BCUT2D eigenvalue weighted by Crippen LogP contribution is 2.26. The third-order valence-corrected chi connectivity index (χ3v) is 3.30. The maximum absolute atomic E-state index is 12.4. The van der Waals surface area contributed by atoms with E-state index in [9.17, 15) is 9.59 Å². The van der Waals surface area contributed by atoms with Crippen molar-refractivity contribution in [2.24, 2.45) is 5.73 Å². The molecule has 0 spiro atoms. The van der Waals surface area contributed by atoms with Gasteiger partial charge in [0.05, 0.1) is 6.54 Å². The molecule has 5 heteroatoms. The molecule has 1 aromatic carbocycles. The molecule has 2 amide bonds. The number of nitrogens with one attached hydrogen (secondary N) is 1. The first-order valence-electron chi connectivity index (χ1n) is 6.42. The molecule has 0 saturated carbocycles. The van der Waals surface area contributed by atoms with Crippen LogP contribution < -0.4 is 11.1 Å². The van der Waals surface area contributed by atoms with Crippen LogP contribution >= 0.6 is 0 Å². The van der Waals surface area contributed by atoms with Crippen LogP contribution in [0, 0.1) is 0 Å². The number of hydrogen-bond acceptors (Lipinski definition) is 3. The summed E-state index contributed by atoms with van der Waals surface area (Å²) in [5.74, 6) is -0.567. The van der Waals surface area contributed by atoms with Crippen LogP contribution in [-0.4, -0.2) is 35.3 Å². The van der Waals surface area contributed by atoms with Gasteiger partial charge in [-0.25, -0.2) is 0 Å². The molecule has 0 bridgehead atoms. The van der Waals surface area contributed by atoms with Crippen molar-refractivity contribution in [2.75, 3.05) is 11.9 Å². The van der Waals surface area contributed by atoms with Crippen LogP contribution in [0.25, 0.3) is 0 Å². The predicted molar refractivity (Wildman–Crippen MR) is 73.6 cm³/mol. The zero-order valence-corrected chi connectivity index (χ0v) is 11.2. The van der Waals surface area contributed by atoms with Crippen molar-refractivity contribution >= 4 is 17.5 Å². The molecule has 102 valence electrons. The second-order valence-electron chi connectivity index (χ2n) is 5.08. The number of nitrogens with two attached hydrogens (primary N) is 1. The fourth-order valence-corrected chi connectivity index (χ4v) is 2.33. The molecule has 1 atom stereocenters. The van der Waals surface area contributed by atoms with E-state index in [1.165, 1.54) is 4.90 Å². The van der Waals surface area contributed by atoms with Crippen molar-refractivity contribution in [2.45, 2.75) is 32.4 Å². The first-order valence-corrected chi connectivity index (χ1v) is 6.42. The lowest BCUT2D eigenvalue weighted by atomic mass is 10.1. The quantitative estimate of drug-likeness (QED) is 0.839. The second-order valence-corrected chi connectivity index (χ2v) is 5.08. The number of anilines is 1. The van der Waals surface area contributed by atoms with Gasteiger partial charge in [0.25, 0.3) is 0 Å². The Balaban J connectivity index is 2.10. The van der Waals surface area contributed by atoms with Gasteiger partial charge in [0.1, 0.15) is 6.04 Å². The predicted octanol–water partition coefficient (Wildman–Crippen LogP) is 0.745. The van der Waals surface area contributed by atoms with Crippen LogP contribution in [-0.2, 0) is 16.0 Å². The highest BCUT2D eigenvalue weighted by molar-refractivity contribution is 5.90. The number of rotatable bonds is 4. The first-order chi connectivity index (χ1) is 8.99. The number of primary amides is 1. The number of nitrogens with zero attached hydrogens (tertiary/aromatic N) is 1. The van der Waals surface area contributed by atoms with Crippen molar-refractivity contribution in [3.63, 3.8) is 0 Å². The van der Waals surface area contributed by atoms with E-state index in [4.69, 9.17) is 5.73 Å². The number of para-hydroxylation sites is 1. The van der Waals surface area contributed by atoms with Crippen LogP contribution in [0.3, 0.4) is 0 Å². The maximum atomic E-state index is 12.4. The molecule has 19 heavy (non-hydrogen) atoms. The fraction of sp³-hybridized carbons (Fsp3) is 0.429. The van der Waals surface area contributed by atoms with E-state index in [1.807, 2.05) is 38.1 Å². The maximum Gasteiger partial charge on any atom is 0.246 e. The van der Waals surface area contributed by atoms with E-state index >= 15 is 0 Å². The van der Waals surface area contributed by atoms with Gasteiger partial charge in [-0.2, -0.15) is 0 Å². The molecule has 3 N–H and O–H groups in total. The van der Waals surface area contributed by atoms with Gasteiger partial charge < -0.3 is 16.0 Å². The average molecular weight is 261 g/mol. The zero-order valence-electron chi connectivity index (χ0n) is 11.2. The SMILES string of the molecule is CC(C)N(CC(N)=O)C(=O)C1Cc2ccccc2N1. The lowest BCUT2D eigenvalue weighted by molar-refractivity contribution is -0.137. The van der Waals surface area contributed by atoms with Crippen LogP contribution in [0.15, 0.2) is 24.3 Å². The summed E-state index contributed by atoms with van der Waals surface area (Å²) >= 11 is 0. The van der Waals surface area contributed by atoms with Gasteiger partial charge in [-0.3, -0.25) is 9.59 Å². The van der Waals surface area contributed by atoms with Crippen molar-refractivity contribution in [3.8, 4) is 0 Å². The fourth-order valence-electron chi connectivity index (χ4n) is 2.33. The lowest BCUT2D eigenvalue weighted by Crippen LogP contribution is -2.49. The van der Waals surface area contributed by atoms with Gasteiger partial charge in [0.2, 0.25) is 11.8 Å². The number of carbonyl (C=O) groups excluding carboxylic acids is 2. The minimum atomic E-state index is -0.488. The van der Waals surface area contributed by atoms with Gasteiger partial charge in [0.15, 0.2) is 0 Å². The molecule has 0 aromatic heterocycles. The van der Waals surface area contributed by atoms with Crippen molar-refractivity contribution in [1.82, 2.24) is 4.90 Å². The third-order valence-electron chi connectivity index (χ3n) is 3.30. The molecule has 1 aromatic rings. The van der Waals surface area contributed by atoms with E-state index in [0.29, 0.717) is 6.42 Å². The smallest absolute Gasteiger partial charge is 0.246 e. The van der Waals surface area contributed by atoms with Gasteiger partial charge in [0, 0.05) is 18.2 Å². The molecule has 0 radical (unpaired) electrons. The summed E-state index contributed by atoms with van der Waals surface area (Å²) in [6.45, 7) is 3.72. The molecule has 1 heterocycles. The van der Waals surface area contributed by atoms with Crippen molar-refractivity contribution in [3.05, 3.63) is 29.8 Å². The number of carbonyl (C=O) groups is 2. The molecule has 0 fully saturated rings. The van der Waals surface area contributed by atoms with Crippen LogP contribution in [0.5, 0.6) is 0 Å². The van der Waals surface area contributed by atoms with E-state index in [-0.39, 0.29) is 24.5 Å². The molecule has 1 unspecified atom stereocenters. The first kappa shape index (κ1) is 13.4. The van der Waals surface area contributed by atoms with Crippen LogP contribution in [0.1, 0.15) is 19.4 Å². The number of benzene rings is 1. The summed E-state index contributed by atoms with van der Waals surface area (Å²) in [7, 11) is 0. The Labute approximate surface area is 112 Å². The van der Waals surface area contributed by atoms with Crippen LogP contribution in [0.4, 0.5) is 5.69 Å². The molecule has 1 aliphatic heterocycles. The molecular weight excluding hydrogens is 242 g/mol. The normalized spacial score (nSPS) is 16.9. The molecular formula is C14H19N3O2. The Morgan fingerprint density at radius 1 is 1.42 bits per heavy atom. The number of hydrogen-bond donors (Lipinski definition) is 2. The van der Waals surface area contributed by atoms with E-state index in [0.717, 1.165) is 11.3 Å². The molecule has 0 aliphatic carbocycles. The van der Waals surface area contributed by atoms with E-state index in [1.54, 1.807) is 0 Å². The number of amides is 2. The highest BCUT2D eigenvalue weighted by atomic mass is 16.2. The second kappa shape index (κ2) is 5.30. The highest BCUT2D eigenvalue weighted by Gasteiger charge is 2.31. The zero-order chi connectivity index (χ0) is 14.0. The van der Waals surface area contributed by atoms with E-state index < -0.39 is 5.91 Å². The minimum Gasteiger partial charge on any atom is -0.373 e. The van der Waals surface area contributed by atoms with Gasteiger partial charge in [-0.05, 0) is 25.5 Å². The average Bonchev–Trinajstić information content (AvgIpc) is 2.78. The summed E-state index contributed by atoms with van der Waals surface area (Å²) in [5.41, 5.74) is 7.32. The van der Waals surface area contributed by atoms with Gasteiger partial charge in [-0.1, -0.05) is 18.2 Å². The van der Waals surface area contributed by atoms with E-state index in [2.05, 4.69) is 5.32 Å². The summed E-state index contributed by atoms with van der Waals surface area (Å²) in [4.78, 5) is 25.0. The third kappa shape index (κ3) is 2.86. The van der Waals surface area contributed by atoms with Crippen molar-refractivity contribution < 1.29 is 9.59 Å². The summed E-state index contributed by atoms with van der Waals surface area (Å²) < 4.78 is 0. The van der Waals surface area contributed by atoms with Gasteiger partial charge >= 0.3 is 0 Å². The molecule has 1 aliphatic rings. The number of fused-ring (bicyclic) bond motifs is 1. The largest absolute Gasteiger partial charge is 0.373 e. The van der Waals surface area contributed by atoms with Crippen LogP contribution in [0.2, 0.25) is 0 Å². The Kier molecular flexibility index (Phi) is 3.74. The summed E-state index contributed by atoms with van der Waals surface area (Å²) in [6.07, 6.45) is 0.650. The van der Waals surface area contributed by atoms with Crippen molar-refractivity contribution in [1.29, 1.82) is 0 Å². The molecule has 0 saturated heterocycles. The minimum absolute atomic E-state index is 0.0367. The Morgan fingerprint density at radius 2 is 2.11 bits per heavy atom. The molecule has 5 nitrogen and oxygen atoms in total. The topological polar surface area (TPSA) is 75.4 Å². The summed E-state index contributed by atoms with van der Waals surface area (Å²) in [6, 6.07) is 7.49. The Morgan fingerprint density at radius 3 is 2.68 bits per heavy atom.